The van der Waals surface area contributed by atoms with E-state index in [0.717, 1.165) is 25.7 Å². The van der Waals surface area contributed by atoms with Gasteiger partial charge in [0, 0.05) is 12.5 Å². The summed E-state index contributed by atoms with van der Waals surface area (Å²) in [6.45, 7) is 2.09. The Morgan fingerprint density at radius 2 is 2.16 bits per heavy atom. The van der Waals surface area contributed by atoms with Crippen LogP contribution in [0.2, 0.25) is 0 Å². The maximum atomic E-state index is 11.9. The summed E-state index contributed by atoms with van der Waals surface area (Å²) in [5.74, 6) is 0.651. The van der Waals surface area contributed by atoms with Crippen LogP contribution < -0.4 is 5.32 Å². The van der Waals surface area contributed by atoms with Crippen LogP contribution in [0.4, 0.5) is 0 Å². The van der Waals surface area contributed by atoms with E-state index in [1.54, 1.807) is 0 Å². The van der Waals surface area contributed by atoms with Crippen LogP contribution in [0.5, 0.6) is 0 Å². The van der Waals surface area contributed by atoms with Gasteiger partial charge in [0.25, 0.3) is 0 Å². The van der Waals surface area contributed by atoms with Crippen LogP contribution in [0.25, 0.3) is 0 Å². The molecule has 2 atom stereocenters. The molecule has 1 amide bonds. The van der Waals surface area contributed by atoms with E-state index in [2.05, 4.69) is 48.7 Å². The lowest BCUT2D eigenvalue weighted by atomic mass is 10.0. The number of hydrogen-bond acceptors (Lipinski definition) is 1. The lowest BCUT2D eigenvalue weighted by Gasteiger charge is -2.15. The van der Waals surface area contributed by atoms with Crippen molar-refractivity contribution in [3.05, 3.63) is 48.0 Å². The van der Waals surface area contributed by atoms with Gasteiger partial charge in [-0.25, -0.2) is 0 Å². The molecule has 0 spiro atoms. The normalized spacial score (nSPS) is 19.3. The first-order valence-corrected chi connectivity index (χ1v) is 7.24. The van der Waals surface area contributed by atoms with Crippen molar-refractivity contribution in [3.8, 4) is 0 Å². The smallest absolute Gasteiger partial charge is 0.220 e. The standard InChI is InChI=1S/C17H23NO/c1-14(11-12-15-7-3-2-4-8-15)18-17(19)13-16-9-5-6-10-16/h2-5,7-9,14,16H,6,10-13H2,1H3,(H,18,19). The molecule has 2 unspecified atom stereocenters. The first-order valence-electron chi connectivity index (χ1n) is 7.24. The van der Waals surface area contributed by atoms with Crippen molar-refractivity contribution in [3.63, 3.8) is 0 Å². The zero-order valence-corrected chi connectivity index (χ0v) is 11.6. The Kier molecular flexibility index (Phi) is 5.20. The molecule has 19 heavy (non-hydrogen) atoms. The van der Waals surface area contributed by atoms with Gasteiger partial charge >= 0.3 is 0 Å². The highest BCUT2D eigenvalue weighted by Gasteiger charge is 2.15. The minimum atomic E-state index is 0.192. The van der Waals surface area contributed by atoms with E-state index >= 15 is 0 Å². The number of aryl methyl sites for hydroxylation is 1. The lowest BCUT2D eigenvalue weighted by molar-refractivity contribution is -0.122. The molecule has 0 bridgehead atoms. The number of amides is 1. The van der Waals surface area contributed by atoms with Crippen LogP contribution in [0.15, 0.2) is 42.5 Å². The van der Waals surface area contributed by atoms with Gasteiger partial charge in [0.2, 0.25) is 5.91 Å². The van der Waals surface area contributed by atoms with Crippen molar-refractivity contribution >= 4 is 5.91 Å². The number of rotatable bonds is 6. The molecule has 1 aromatic rings. The summed E-state index contributed by atoms with van der Waals surface area (Å²) in [7, 11) is 0. The van der Waals surface area contributed by atoms with Crippen LogP contribution in [0, 0.1) is 5.92 Å². The molecule has 1 aromatic carbocycles. The molecular formula is C17H23NO. The minimum absolute atomic E-state index is 0.192. The average molecular weight is 257 g/mol. The molecule has 0 saturated heterocycles. The molecule has 0 saturated carbocycles. The monoisotopic (exact) mass is 257 g/mol. The van der Waals surface area contributed by atoms with Gasteiger partial charge in [-0.15, -0.1) is 0 Å². The van der Waals surface area contributed by atoms with E-state index < -0.39 is 0 Å². The van der Waals surface area contributed by atoms with Crippen LogP contribution in [0.1, 0.15) is 38.2 Å². The minimum Gasteiger partial charge on any atom is -0.354 e. The molecule has 2 rings (SSSR count). The van der Waals surface area contributed by atoms with Crippen LogP contribution in [-0.4, -0.2) is 11.9 Å². The highest BCUT2D eigenvalue weighted by molar-refractivity contribution is 5.76. The van der Waals surface area contributed by atoms with E-state index in [4.69, 9.17) is 0 Å². The van der Waals surface area contributed by atoms with Gasteiger partial charge in [0.15, 0.2) is 0 Å². The van der Waals surface area contributed by atoms with Crippen LogP contribution in [0.3, 0.4) is 0 Å². The number of benzene rings is 1. The molecule has 1 N–H and O–H groups in total. The SMILES string of the molecule is CC(CCc1ccccc1)NC(=O)CC1C=CCC1. The van der Waals surface area contributed by atoms with E-state index in [1.807, 2.05) is 6.07 Å². The second-order valence-corrected chi connectivity index (χ2v) is 5.46. The summed E-state index contributed by atoms with van der Waals surface area (Å²) in [6.07, 6.45) is 9.27. The maximum Gasteiger partial charge on any atom is 0.220 e. The molecule has 2 nitrogen and oxygen atoms in total. The van der Waals surface area contributed by atoms with Crippen LogP contribution >= 0.6 is 0 Å². The second kappa shape index (κ2) is 7.13. The van der Waals surface area contributed by atoms with Crippen molar-refractivity contribution in [1.82, 2.24) is 5.32 Å². The van der Waals surface area contributed by atoms with Gasteiger partial charge < -0.3 is 5.32 Å². The van der Waals surface area contributed by atoms with E-state index in [0.29, 0.717) is 12.3 Å². The van der Waals surface area contributed by atoms with E-state index in [1.165, 1.54) is 5.56 Å². The van der Waals surface area contributed by atoms with Crippen molar-refractivity contribution < 1.29 is 4.79 Å². The average Bonchev–Trinajstić information content (AvgIpc) is 2.90. The van der Waals surface area contributed by atoms with Gasteiger partial charge in [-0.2, -0.15) is 0 Å². The highest BCUT2D eigenvalue weighted by atomic mass is 16.1. The second-order valence-electron chi connectivity index (χ2n) is 5.46. The third kappa shape index (κ3) is 4.90. The van der Waals surface area contributed by atoms with Crippen molar-refractivity contribution in [2.24, 2.45) is 5.92 Å². The number of carbonyl (C=O) groups excluding carboxylic acids is 1. The predicted molar refractivity (Wildman–Crippen MR) is 78.8 cm³/mol. The lowest BCUT2D eigenvalue weighted by Crippen LogP contribution is -2.33. The Labute approximate surface area is 115 Å². The largest absolute Gasteiger partial charge is 0.354 e. The number of hydrogen-bond donors (Lipinski definition) is 1. The molecule has 1 aliphatic rings. The molecular weight excluding hydrogens is 234 g/mol. The fourth-order valence-corrected chi connectivity index (χ4v) is 2.54. The first kappa shape index (κ1) is 13.9. The van der Waals surface area contributed by atoms with Gasteiger partial charge in [-0.1, -0.05) is 42.5 Å². The third-order valence-corrected chi connectivity index (χ3v) is 3.68. The molecule has 0 aliphatic heterocycles. The van der Waals surface area contributed by atoms with E-state index in [9.17, 15) is 4.79 Å². The maximum absolute atomic E-state index is 11.9. The number of allylic oxidation sites excluding steroid dienone is 2. The Bertz CT molecular complexity index is 424. The summed E-state index contributed by atoms with van der Waals surface area (Å²) in [5.41, 5.74) is 1.34. The molecule has 0 radical (unpaired) electrons. The summed E-state index contributed by atoms with van der Waals surface area (Å²) >= 11 is 0. The predicted octanol–water partition coefficient (Wildman–Crippen LogP) is 3.48. The summed E-state index contributed by atoms with van der Waals surface area (Å²) in [6, 6.07) is 10.7. The van der Waals surface area contributed by atoms with Crippen molar-refractivity contribution in [2.75, 3.05) is 0 Å². The zero-order chi connectivity index (χ0) is 13.5. The first-order chi connectivity index (χ1) is 9.24. The van der Waals surface area contributed by atoms with Gasteiger partial charge in [0.1, 0.15) is 0 Å². The molecule has 0 aromatic heterocycles. The Morgan fingerprint density at radius 1 is 1.37 bits per heavy atom. The van der Waals surface area contributed by atoms with Crippen LogP contribution in [-0.2, 0) is 11.2 Å². The van der Waals surface area contributed by atoms with Gasteiger partial charge in [-0.05, 0) is 44.1 Å². The third-order valence-electron chi connectivity index (χ3n) is 3.68. The Balaban J connectivity index is 1.67. The molecule has 2 heteroatoms. The fraction of sp³-hybridized carbons (Fsp3) is 0.471. The van der Waals surface area contributed by atoms with E-state index in [-0.39, 0.29) is 11.9 Å². The van der Waals surface area contributed by atoms with Crippen molar-refractivity contribution in [1.29, 1.82) is 0 Å². The molecule has 1 aliphatic carbocycles. The Hall–Kier alpha value is -1.57. The quantitative estimate of drug-likeness (QED) is 0.777. The number of nitrogens with one attached hydrogen (secondary N) is 1. The van der Waals surface area contributed by atoms with Crippen molar-refractivity contribution in [2.45, 2.75) is 45.1 Å². The molecule has 0 fully saturated rings. The Morgan fingerprint density at radius 3 is 2.84 bits per heavy atom. The summed E-state index contributed by atoms with van der Waals surface area (Å²) < 4.78 is 0. The number of carbonyl (C=O) groups is 1. The zero-order valence-electron chi connectivity index (χ0n) is 11.6. The summed E-state index contributed by atoms with van der Waals surface area (Å²) in [5, 5.41) is 3.10. The van der Waals surface area contributed by atoms with Gasteiger partial charge in [-0.3, -0.25) is 4.79 Å². The molecule has 0 heterocycles. The molecule has 102 valence electrons. The fourth-order valence-electron chi connectivity index (χ4n) is 2.54. The summed E-state index contributed by atoms with van der Waals surface area (Å²) in [4.78, 5) is 11.9. The topological polar surface area (TPSA) is 29.1 Å². The highest BCUT2D eigenvalue weighted by Crippen LogP contribution is 2.20. The van der Waals surface area contributed by atoms with Gasteiger partial charge in [0.05, 0.1) is 0 Å².